The summed E-state index contributed by atoms with van der Waals surface area (Å²) in [5, 5.41) is 13.8. The van der Waals surface area contributed by atoms with Crippen LogP contribution in [0.2, 0.25) is 5.02 Å². The van der Waals surface area contributed by atoms with Crippen LogP contribution >= 0.6 is 11.6 Å². The van der Waals surface area contributed by atoms with Gasteiger partial charge in [0.1, 0.15) is 5.76 Å². The summed E-state index contributed by atoms with van der Waals surface area (Å²) in [4.78, 5) is 2.38. The Morgan fingerprint density at radius 1 is 1.10 bits per heavy atom. The van der Waals surface area contributed by atoms with Crippen molar-refractivity contribution in [2.45, 2.75) is 63.3 Å². The summed E-state index contributed by atoms with van der Waals surface area (Å²) in [5.41, 5.74) is 1.11. The lowest BCUT2D eigenvalue weighted by Crippen LogP contribution is -2.37. The Bertz CT molecular complexity index is 947. The number of hydrogen-bond acceptors (Lipinski definition) is 6. The summed E-state index contributed by atoms with van der Waals surface area (Å²) in [6.07, 6.45) is 8.77. The van der Waals surface area contributed by atoms with E-state index in [2.05, 4.69) is 37.2 Å². The molecule has 1 aromatic carbocycles. The van der Waals surface area contributed by atoms with Gasteiger partial charge in [0.15, 0.2) is 5.82 Å². The minimum atomic E-state index is -0.123. The SMILES string of the molecule is Clc1ccc([C@@H](c2nnnn2C2CCCC2)N(Cc2ccco2)C[C@@H]2CCCO2)cc1. The highest BCUT2D eigenvalue weighted by Gasteiger charge is 2.33. The molecular formula is C23H28ClN5O2. The van der Waals surface area contributed by atoms with E-state index in [0.29, 0.717) is 12.6 Å². The molecule has 164 valence electrons. The topological polar surface area (TPSA) is 69.2 Å². The Hall–Kier alpha value is -2.22. The molecule has 3 aromatic rings. The highest BCUT2D eigenvalue weighted by atomic mass is 35.5. The minimum absolute atomic E-state index is 0.123. The number of benzene rings is 1. The second-order valence-corrected chi connectivity index (χ2v) is 8.95. The van der Waals surface area contributed by atoms with E-state index in [-0.39, 0.29) is 12.1 Å². The maximum atomic E-state index is 6.21. The zero-order valence-electron chi connectivity index (χ0n) is 17.6. The molecule has 31 heavy (non-hydrogen) atoms. The van der Waals surface area contributed by atoms with Gasteiger partial charge >= 0.3 is 0 Å². The van der Waals surface area contributed by atoms with Gasteiger partial charge in [0.05, 0.1) is 31.0 Å². The van der Waals surface area contributed by atoms with Gasteiger partial charge in [-0.25, -0.2) is 4.68 Å². The van der Waals surface area contributed by atoms with Crippen molar-refractivity contribution >= 4 is 11.6 Å². The van der Waals surface area contributed by atoms with Gasteiger partial charge in [-0.05, 0) is 65.9 Å². The number of hydrogen-bond donors (Lipinski definition) is 0. The number of aromatic nitrogens is 4. The van der Waals surface area contributed by atoms with Crippen LogP contribution in [0, 0.1) is 0 Å². The first-order valence-corrected chi connectivity index (χ1v) is 11.6. The highest BCUT2D eigenvalue weighted by Crippen LogP contribution is 2.35. The van der Waals surface area contributed by atoms with E-state index in [1.54, 1.807) is 6.26 Å². The van der Waals surface area contributed by atoms with E-state index >= 15 is 0 Å². The summed E-state index contributed by atoms with van der Waals surface area (Å²) >= 11 is 6.21. The molecule has 1 aliphatic carbocycles. The van der Waals surface area contributed by atoms with Crippen LogP contribution in [0.4, 0.5) is 0 Å². The monoisotopic (exact) mass is 441 g/mol. The fourth-order valence-electron chi connectivity index (χ4n) is 4.87. The first kappa shape index (κ1) is 20.7. The van der Waals surface area contributed by atoms with Crippen LogP contribution < -0.4 is 0 Å². The first-order valence-electron chi connectivity index (χ1n) is 11.2. The van der Waals surface area contributed by atoms with Gasteiger partial charge in [0, 0.05) is 18.2 Å². The molecule has 2 aliphatic rings. The van der Waals surface area contributed by atoms with Gasteiger partial charge in [0.2, 0.25) is 0 Å². The molecule has 0 radical (unpaired) electrons. The Morgan fingerprint density at radius 2 is 1.94 bits per heavy atom. The van der Waals surface area contributed by atoms with Crippen molar-refractivity contribution in [2.24, 2.45) is 0 Å². The Balaban J connectivity index is 1.55. The van der Waals surface area contributed by atoms with E-state index in [4.69, 9.17) is 20.8 Å². The third-order valence-electron chi connectivity index (χ3n) is 6.39. The van der Waals surface area contributed by atoms with Crippen LogP contribution in [0.3, 0.4) is 0 Å². The van der Waals surface area contributed by atoms with Crippen LogP contribution in [-0.2, 0) is 11.3 Å². The van der Waals surface area contributed by atoms with Gasteiger partial charge < -0.3 is 9.15 Å². The van der Waals surface area contributed by atoms with E-state index in [1.165, 1.54) is 12.8 Å². The van der Waals surface area contributed by atoms with Gasteiger partial charge in [0.25, 0.3) is 0 Å². The fraction of sp³-hybridized carbons (Fsp3) is 0.522. The average Bonchev–Trinajstić information content (AvgIpc) is 3.57. The molecule has 1 aliphatic heterocycles. The average molecular weight is 442 g/mol. The molecule has 0 bridgehead atoms. The third kappa shape index (κ3) is 4.68. The van der Waals surface area contributed by atoms with E-state index in [0.717, 1.165) is 61.0 Å². The molecule has 5 rings (SSSR count). The number of furan rings is 1. The molecule has 2 aromatic heterocycles. The van der Waals surface area contributed by atoms with E-state index < -0.39 is 0 Å². The molecule has 7 nitrogen and oxygen atoms in total. The molecule has 8 heteroatoms. The molecule has 0 N–H and O–H groups in total. The number of nitrogens with zero attached hydrogens (tertiary/aromatic N) is 5. The fourth-order valence-corrected chi connectivity index (χ4v) is 5.00. The van der Waals surface area contributed by atoms with Crippen LogP contribution in [0.15, 0.2) is 47.1 Å². The molecule has 0 spiro atoms. The van der Waals surface area contributed by atoms with Crippen LogP contribution in [0.1, 0.15) is 67.8 Å². The lowest BCUT2D eigenvalue weighted by Gasteiger charge is -2.33. The zero-order chi connectivity index (χ0) is 21.0. The number of halogens is 1. The summed E-state index contributed by atoms with van der Waals surface area (Å²) < 4.78 is 13.8. The quantitative estimate of drug-likeness (QED) is 0.499. The van der Waals surface area contributed by atoms with Gasteiger partial charge in [-0.2, -0.15) is 0 Å². The van der Waals surface area contributed by atoms with Crippen LogP contribution in [0.25, 0.3) is 0 Å². The van der Waals surface area contributed by atoms with Crippen molar-refractivity contribution in [3.63, 3.8) is 0 Å². The Kier molecular flexibility index (Phi) is 6.34. The van der Waals surface area contributed by atoms with E-state index in [1.807, 2.05) is 24.3 Å². The predicted molar refractivity (Wildman–Crippen MR) is 117 cm³/mol. The van der Waals surface area contributed by atoms with Gasteiger partial charge in [-0.3, -0.25) is 4.90 Å². The number of ether oxygens (including phenoxy) is 1. The first-order chi connectivity index (χ1) is 15.3. The maximum Gasteiger partial charge on any atom is 0.173 e. The van der Waals surface area contributed by atoms with Gasteiger partial charge in [-0.1, -0.05) is 36.6 Å². The Morgan fingerprint density at radius 3 is 2.65 bits per heavy atom. The van der Waals surface area contributed by atoms with Crippen molar-refractivity contribution in [2.75, 3.05) is 13.2 Å². The van der Waals surface area contributed by atoms with Crippen molar-refractivity contribution < 1.29 is 9.15 Å². The van der Waals surface area contributed by atoms with Crippen molar-refractivity contribution in [3.05, 3.63) is 64.8 Å². The highest BCUT2D eigenvalue weighted by molar-refractivity contribution is 6.30. The second kappa shape index (κ2) is 9.51. The van der Waals surface area contributed by atoms with Crippen LogP contribution in [-0.4, -0.2) is 44.4 Å². The largest absolute Gasteiger partial charge is 0.468 e. The lowest BCUT2D eigenvalue weighted by molar-refractivity contribution is 0.0543. The van der Waals surface area contributed by atoms with Crippen molar-refractivity contribution in [1.29, 1.82) is 0 Å². The molecule has 2 atom stereocenters. The second-order valence-electron chi connectivity index (χ2n) is 8.52. The molecule has 3 heterocycles. The standard InChI is InChI=1S/C23H28ClN5O2/c24-18-11-9-17(10-12-18)22(23-25-26-27-29(23)19-5-1-2-6-19)28(15-20-7-3-13-30-20)16-21-8-4-14-31-21/h3,7,9-13,19,21-22H,1-2,4-6,8,14-16H2/t21-,22-/m0/s1. The molecule has 1 saturated carbocycles. The normalized spacial score (nSPS) is 20.6. The lowest BCUT2D eigenvalue weighted by atomic mass is 10.0. The zero-order valence-corrected chi connectivity index (χ0v) is 18.3. The summed E-state index contributed by atoms with van der Waals surface area (Å²) in [7, 11) is 0. The van der Waals surface area contributed by atoms with Crippen LogP contribution in [0.5, 0.6) is 0 Å². The third-order valence-corrected chi connectivity index (χ3v) is 6.64. The maximum absolute atomic E-state index is 6.21. The molecule has 0 unspecified atom stereocenters. The van der Waals surface area contributed by atoms with Gasteiger partial charge in [-0.15, -0.1) is 5.10 Å². The van der Waals surface area contributed by atoms with Crippen molar-refractivity contribution in [3.8, 4) is 0 Å². The van der Waals surface area contributed by atoms with Crippen molar-refractivity contribution in [1.82, 2.24) is 25.1 Å². The summed E-state index contributed by atoms with van der Waals surface area (Å²) in [6.45, 7) is 2.26. The predicted octanol–water partition coefficient (Wildman–Crippen LogP) is 4.81. The Labute approximate surface area is 187 Å². The molecule has 0 amide bonds. The summed E-state index contributed by atoms with van der Waals surface area (Å²) in [6, 6.07) is 12.2. The smallest absolute Gasteiger partial charge is 0.173 e. The van der Waals surface area contributed by atoms with E-state index in [9.17, 15) is 0 Å². The number of rotatable bonds is 8. The molecular weight excluding hydrogens is 414 g/mol. The minimum Gasteiger partial charge on any atom is -0.468 e. The molecule has 2 fully saturated rings. The molecule has 1 saturated heterocycles. The number of tetrazole rings is 1. The summed E-state index contributed by atoms with van der Waals surface area (Å²) in [5.74, 6) is 1.79.